The third-order valence-corrected chi connectivity index (χ3v) is 9.60. The number of hydrogen-bond donors (Lipinski definition) is 2. The lowest BCUT2D eigenvalue weighted by atomic mass is 9.56. The van der Waals surface area contributed by atoms with E-state index in [1.807, 2.05) is 0 Å². The number of imide groups is 2. The molecule has 5 rings (SSSR count). The normalized spacial score (nSPS) is 35.5. The van der Waals surface area contributed by atoms with Gasteiger partial charge in [-0.15, -0.1) is 23.2 Å². The maximum absolute atomic E-state index is 13.4. The van der Waals surface area contributed by atoms with Crippen molar-refractivity contribution in [1.82, 2.24) is 9.80 Å². The quantitative estimate of drug-likeness (QED) is 0.331. The molecule has 2 heterocycles. The van der Waals surface area contributed by atoms with Crippen molar-refractivity contribution in [2.75, 3.05) is 13.6 Å². The van der Waals surface area contributed by atoms with Gasteiger partial charge in [0, 0.05) is 30.1 Å². The Labute approximate surface area is 220 Å². The molecule has 9 nitrogen and oxygen atoms in total. The van der Waals surface area contributed by atoms with Crippen LogP contribution in [0.2, 0.25) is 5.02 Å². The molecule has 190 valence electrons. The number of carbonyl (C=O) groups is 5. The zero-order valence-corrected chi connectivity index (χ0v) is 21.2. The maximum atomic E-state index is 13.4. The van der Waals surface area contributed by atoms with Crippen LogP contribution in [0.25, 0.3) is 0 Å². The highest BCUT2D eigenvalue weighted by Crippen LogP contribution is 2.66. The zero-order valence-electron chi connectivity index (χ0n) is 18.9. The molecule has 3 fully saturated rings. The van der Waals surface area contributed by atoms with Gasteiger partial charge in [0.25, 0.3) is 11.8 Å². The number of phenolic OH excluding ortho intramolecular Hbond substituents is 1. The Morgan fingerprint density at radius 3 is 2.47 bits per heavy atom. The van der Waals surface area contributed by atoms with Crippen LogP contribution in [-0.4, -0.2) is 73.0 Å². The first-order valence-corrected chi connectivity index (χ1v) is 12.4. The second-order valence-electron chi connectivity index (χ2n) is 9.67. The third kappa shape index (κ3) is 3.12. The fraction of sp³-hybridized carbons (Fsp3) is 0.458. The van der Waals surface area contributed by atoms with E-state index in [0.717, 1.165) is 9.80 Å². The third-order valence-electron chi connectivity index (χ3n) is 7.96. The van der Waals surface area contributed by atoms with Crippen molar-refractivity contribution < 1.29 is 34.2 Å². The Kier molecular flexibility index (Phi) is 5.70. The van der Waals surface area contributed by atoms with E-state index in [9.17, 15) is 29.1 Å². The number of allylic oxidation sites excluding steroid dienone is 2. The summed E-state index contributed by atoms with van der Waals surface area (Å²) in [5.74, 6) is -7.45. The van der Waals surface area contributed by atoms with Crippen molar-refractivity contribution >= 4 is 64.4 Å². The average Bonchev–Trinajstić information content (AvgIpc) is 3.14. The number of fused-ring (bicyclic) bond motifs is 4. The van der Waals surface area contributed by atoms with E-state index in [2.05, 4.69) is 0 Å². The first kappa shape index (κ1) is 25.0. The standard InChI is InChI=1S/C24H21Cl3N2O7/c1-28-21(35)23(26)9-14-11(3-4-12-17(14)20(34)29(19(12)33)7-6-16(31)32)18(24(23,27)22(28)36)13-8-10(25)2-5-15(13)30/h2-3,5,8,12,14,17-18,30H,4,6-7,9H2,1H3,(H,31,32). The summed E-state index contributed by atoms with van der Waals surface area (Å²) >= 11 is 20.2. The lowest BCUT2D eigenvalue weighted by Gasteiger charge is -2.50. The van der Waals surface area contributed by atoms with Crippen LogP contribution in [0.15, 0.2) is 29.8 Å². The van der Waals surface area contributed by atoms with Crippen LogP contribution in [0.1, 0.15) is 30.7 Å². The molecular weight excluding hydrogens is 535 g/mol. The van der Waals surface area contributed by atoms with Crippen molar-refractivity contribution in [3.05, 3.63) is 40.4 Å². The molecule has 1 aromatic rings. The molecule has 0 bridgehead atoms. The lowest BCUT2D eigenvalue weighted by Crippen LogP contribution is -2.60. The summed E-state index contributed by atoms with van der Waals surface area (Å²) in [4.78, 5) is 62.1. The molecule has 2 aliphatic carbocycles. The number of benzene rings is 1. The fourth-order valence-corrected chi connectivity index (χ4v) is 7.53. The average molecular weight is 556 g/mol. The minimum Gasteiger partial charge on any atom is -0.508 e. The molecule has 6 unspecified atom stereocenters. The van der Waals surface area contributed by atoms with E-state index in [0.29, 0.717) is 5.57 Å². The number of aliphatic carboxylic acids is 1. The molecule has 1 aromatic carbocycles. The predicted octanol–water partition coefficient (Wildman–Crippen LogP) is 2.51. The van der Waals surface area contributed by atoms with Crippen LogP contribution in [0, 0.1) is 17.8 Å². The van der Waals surface area contributed by atoms with Gasteiger partial charge in [-0.05, 0) is 37.0 Å². The van der Waals surface area contributed by atoms with Gasteiger partial charge in [-0.2, -0.15) is 0 Å². The number of aromatic hydroxyl groups is 1. The number of likely N-dealkylation sites (tertiary alicyclic amines) is 2. The number of amides is 4. The second-order valence-corrected chi connectivity index (χ2v) is 11.4. The van der Waals surface area contributed by atoms with Crippen LogP contribution in [-0.2, 0) is 24.0 Å². The Morgan fingerprint density at radius 1 is 1.11 bits per heavy atom. The summed E-state index contributed by atoms with van der Waals surface area (Å²) in [5.41, 5.74) is 0.686. The number of phenols is 1. The van der Waals surface area contributed by atoms with Crippen LogP contribution in [0.5, 0.6) is 5.75 Å². The van der Waals surface area contributed by atoms with E-state index >= 15 is 0 Å². The molecule has 2 aliphatic heterocycles. The van der Waals surface area contributed by atoms with Crippen molar-refractivity contribution in [3.8, 4) is 5.75 Å². The number of carboxylic acid groups (broad SMARTS) is 1. The number of halogens is 3. The molecule has 1 saturated carbocycles. The minimum absolute atomic E-state index is 0.142. The number of carboxylic acids is 1. The summed E-state index contributed by atoms with van der Waals surface area (Å²) in [6.07, 6.45) is 1.27. The number of nitrogens with zero attached hydrogens (tertiary/aromatic N) is 2. The maximum Gasteiger partial charge on any atom is 0.305 e. The summed E-state index contributed by atoms with van der Waals surface area (Å²) < 4.78 is 0. The molecule has 2 N–H and O–H groups in total. The molecule has 0 aromatic heterocycles. The smallest absolute Gasteiger partial charge is 0.305 e. The Morgan fingerprint density at radius 2 is 1.81 bits per heavy atom. The van der Waals surface area contributed by atoms with Crippen molar-refractivity contribution in [2.45, 2.75) is 34.9 Å². The molecule has 12 heteroatoms. The largest absolute Gasteiger partial charge is 0.508 e. The number of alkyl halides is 2. The van der Waals surface area contributed by atoms with Gasteiger partial charge in [0.2, 0.25) is 11.8 Å². The number of hydrogen-bond acceptors (Lipinski definition) is 6. The first-order chi connectivity index (χ1) is 16.8. The molecule has 0 spiro atoms. The van der Waals surface area contributed by atoms with Gasteiger partial charge >= 0.3 is 5.97 Å². The van der Waals surface area contributed by atoms with E-state index in [1.165, 1.54) is 25.2 Å². The first-order valence-electron chi connectivity index (χ1n) is 11.3. The summed E-state index contributed by atoms with van der Waals surface area (Å²) in [7, 11) is 1.27. The lowest BCUT2D eigenvalue weighted by molar-refractivity contribution is -0.143. The van der Waals surface area contributed by atoms with E-state index in [4.69, 9.17) is 39.9 Å². The van der Waals surface area contributed by atoms with Crippen molar-refractivity contribution in [3.63, 3.8) is 0 Å². The SMILES string of the molecule is CN1C(=O)C2(Cl)CC3C(=CCC4C(=O)N(CCC(=O)O)C(=O)C43)C(c3cc(Cl)ccc3O)C2(Cl)C1=O. The predicted molar refractivity (Wildman–Crippen MR) is 128 cm³/mol. The van der Waals surface area contributed by atoms with Crippen LogP contribution >= 0.6 is 34.8 Å². The van der Waals surface area contributed by atoms with Crippen LogP contribution < -0.4 is 0 Å². The summed E-state index contributed by atoms with van der Waals surface area (Å²) in [6.45, 7) is -0.272. The highest BCUT2D eigenvalue weighted by Gasteiger charge is 2.76. The van der Waals surface area contributed by atoms with Gasteiger partial charge in [-0.25, -0.2) is 0 Å². The monoisotopic (exact) mass is 554 g/mol. The molecule has 4 aliphatic rings. The van der Waals surface area contributed by atoms with E-state index in [-0.39, 0.29) is 35.7 Å². The van der Waals surface area contributed by atoms with Gasteiger partial charge in [0.15, 0.2) is 9.75 Å². The second kappa shape index (κ2) is 8.19. The molecule has 4 amide bonds. The van der Waals surface area contributed by atoms with Gasteiger partial charge < -0.3 is 10.2 Å². The molecular formula is C24H21Cl3N2O7. The molecule has 2 saturated heterocycles. The molecule has 0 radical (unpaired) electrons. The van der Waals surface area contributed by atoms with Gasteiger partial charge in [0.1, 0.15) is 5.75 Å². The van der Waals surface area contributed by atoms with E-state index in [1.54, 1.807) is 6.08 Å². The highest BCUT2D eigenvalue weighted by molar-refractivity contribution is 6.53. The minimum atomic E-state index is -2.02. The fourth-order valence-electron chi connectivity index (χ4n) is 6.34. The molecule has 6 atom stereocenters. The molecule has 36 heavy (non-hydrogen) atoms. The van der Waals surface area contributed by atoms with Gasteiger partial charge in [-0.3, -0.25) is 33.8 Å². The Hall–Kier alpha value is -2.62. The summed E-state index contributed by atoms with van der Waals surface area (Å²) in [5, 5.41) is 20.1. The number of rotatable bonds is 4. The van der Waals surface area contributed by atoms with Crippen molar-refractivity contribution in [2.24, 2.45) is 17.8 Å². The van der Waals surface area contributed by atoms with Crippen LogP contribution in [0.4, 0.5) is 0 Å². The number of carbonyl (C=O) groups excluding carboxylic acids is 4. The van der Waals surface area contributed by atoms with Gasteiger partial charge in [0.05, 0.1) is 18.3 Å². The highest BCUT2D eigenvalue weighted by atomic mass is 35.5. The van der Waals surface area contributed by atoms with Crippen LogP contribution in [0.3, 0.4) is 0 Å². The van der Waals surface area contributed by atoms with Crippen molar-refractivity contribution in [1.29, 1.82) is 0 Å². The zero-order chi connectivity index (χ0) is 26.3. The Balaban J connectivity index is 1.68. The summed E-state index contributed by atoms with van der Waals surface area (Å²) in [6, 6.07) is 4.23. The van der Waals surface area contributed by atoms with Gasteiger partial charge in [-0.1, -0.05) is 23.3 Å². The topological polar surface area (TPSA) is 132 Å². The van der Waals surface area contributed by atoms with E-state index < -0.39 is 69.4 Å². The Bertz CT molecular complexity index is 1280.